The largest absolute Gasteiger partial charge is 0.496 e. The predicted molar refractivity (Wildman–Crippen MR) is 86.4 cm³/mol. The number of rotatable bonds is 4. The molecule has 4 nitrogen and oxygen atoms in total. The average Bonchev–Trinajstić information content (AvgIpc) is 2.45. The molecule has 0 N–H and O–H groups in total. The summed E-state index contributed by atoms with van der Waals surface area (Å²) in [6.07, 6.45) is 0. The standard InChI is InChI=1S/C18H21NO3/c1-10-16(12(3)20)18(17(13(4)21)11(2)19-10)14-8-6-7-9-15(14)22-5/h6-9,16,18H,1-5H3. The zero-order chi connectivity index (χ0) is 16.4. The van der Waals surface area contributed by atoms with E-state index in [0.29, 0.717) is 17.0 Å². The van der Waals surface area contributed by atoms with Gasteiger partial charge in [-0.25, -0.2) is 0 Å². The molecule has 0 spiro atoms. The number of methoxy groups -OCH3 is 1. The Hall–Kier alpha value is -2.23. The Kier molecular flexibility index (Phi) is 4.59. The number of hydrogen-bond acceptors (Lipinski definition) is 4. The lowest BCUT2D eigenvalue weighted by Gasteiger charge is -2.32. The minimum atomic E-state index is -0.432. The fourth-order valence-corrected chi connectivity index (χ4v) is 3.29. The van der Waals surface area contributed by atoms with Gasteiger partial charge in [-0.2, -0.15) is 0 Å². The third-order valence-corrected chi connectivity index (χ3v) is 4.12. The van der Waals surface area contributed by atoms with Crippen molar-refractivity contribution in [3.05, 3.63) is 41.1 Å². The van der Waals surface area contributed by atoms with E-state index in [0.717, 1.165) is 11.3 Å². The van der Waals surface area contributed by atoms with E-state index in [2.05, 4.69) is 4.99 Å². The molecule has 0 bridgehead atoms. The quantitative estimate of drug-likeness (QED) is 0.857. The van der Waals surface area contributed by atoms with E-state index in [1.54, 1.807) is 14.0 Å². The molecular formula is C18H21NO3. The Morgan fingerprint density at radius 1 is 1.14 bits per heavy atom. The van der Waals surface area contributed by atoms with Crippen LogP contribution in [0.1, 0.15) is 39.2 Å². The van der Waals surface area contributed by atoms with Crippen LogP contribution in [0.3, 0.4) is 0 Å². The Bertz CT molecular complexity index is 685. The van der Waals surface area contributed by atoms with Crippen molar-refractivity contribution in [3.63, 3.8) is 0 Å². The molecule has 22 heavy (non-hydrogen) atoms. The highest BCUT2D eigenvalue weighted by Gasteiger charge is 2.39. The number of Topliss-reactive ketones (excluding diaryl/α,β-unsaturated/α-hetero) is 2. The maximum atomic E-state index is 12.2. The third-order valence-electron chi connectivity index (χ3n) is 4.12. The lowest BCUT2D eigenvalue weighted by Crippen LogP contribution is -2.33. The molecule has 1 heterocycles. The molecule has 2 unspecified atom stereocenters. The van der Waals surface area contributed by atoms with Gasteiger partial charge >= 0.3 is 0 Å². The van der Waals surface area contributed by atoms with Gasteiger partial charge in [0.15, 0.2) is 5.78 Å². The molecule has 4 heteroatoms. The molecular weight excluding hydrogens is 278 g/mol. The summed E-state index contributed by atoms with van der Waals surface area (Å²) in [4.78, 5) is 28.8. The molecule has 1 aromatic carbocycles. The van der Waals surface area contributed by atoms with E-state index in [9.17, 15) is 9.59 Å². The Balaban J connectivity index is 2.73. The molecule has 1 aliphatic heterocycles. The normalized spacial score (nSPS) is 21.4. The predicted octanol–water partition coefficient (Wildman–Crippen LogP) is 3.32. The number of para-hydroxylation sites is 1. The molecule has 2 atom stereocenters. The molecule has 116 valence electrons. The van der Waals surface area contributed by atoms with Crippen molar-refractivity contribution in [2.24, 2.45) is 10.9 Å². The van der Waals surface area contributed by atoms with Crippen molar-refractivity contribution in [2.45, 2.75) is 33.6 Å². The SMILES string of the molecule is COc1ccccc1C1C(C(C)=O)=C(C)N=C(C)C1C(C)=O. The highest BCUT2D eigenvalue weighted by Crippen LogP contribution is 2.42. The summed E-state index contributed by atoms with van der Waals surface area (Å²) in [6, 6.07) is 7.52. The fraction of sp³-hybridized carbons (Fsp3) is 0.389. The van der Waals surface area contributed by atoms with Gasteiger partial charge in [-0.15, -0.1) is 0 Å². The van der Waals surface area contributed by atoms with Gasteiger partial charge in [0.2, 0.25) is 0 Å². The molecule has 0 aliphatic carbocycles. The van der Waals surface area contributed by atoms with E-state index < -0.39 is 5.92 Å². The first-order chi connectivity index (χ1) is 10.4. The first kappa shape index (κ1) is 16.1. The Morgan fingerprint density at radius 2 is 1.77 bits per heavy atom. The van der Waals surface area contributed by atoms with Crippen LogP contribution in [-0.2, 0) is 9.59 Å². The highest BCUT2D eigenvalue weighted by atomic mass is 16.5. The molecule has 0 amide bonds. The van der Waals surface area contributed by atoms with Crippen molar-refractivity contribution in [1.29, 1.82) is 0 Å². The minimum absolute atomic E-state index is 0.00315. The lowest BCUT2D eigenvalue weighted by molar-refractivity contribution is -0.119. The molecule has 0 fully saturated rings. The van der Waals surface area contributed by atoms with Crippen LogP contribution in [0, 0.1) is 5.92 Å². The highest BCUT2D eigenvalue weighted by molar-refractivity contribution is 6.09. The summed E-state index contributed by atoms with van der Waals surface area (Å²) in [6.45, 7) is 6.73. The van der Waals surface area contributed by atoms with Crippen molar-refractivity contribution in [2.75, 3.05) is 7.11 Å². The van der Waals surface area contributed by atoms with E-state index in [1.807, 2.05) is 38.1 Å². The summed E-state index contributed by atoms with van der Waals surface area (Å²) in [5.74, 6) is -0.151. The van der Waals surface area contributed by atoms with Crippen molar-refractivity contribution < 1.29 is 14.3 Å². The summed E-state index contributed by atoms with van der Waals surface area (Å²) < 4.78 is 5.44. The number of allylic oxidation sites excluding steroid dienone is 2. The van der Waals surface area contributed by atoms with Crippen LogP contribution in [0.4, 0.5) is 0 Å². The number of aliphatic imine (C=N–C) groups is 1. The molecule has 2 rings (SSSR count). The Labute approximate surface area is 130 Å². The van der Waals surface area contributed by atoms with Gasteiger partial charge in [-0.1, -0.05) is 18.2 Å². The smallest absolute Gasteiger partial charge is 0.158 e. The van der Waals surface area contributed by atoms with Gasteiger partial charge in [-0.3, -0.25) is 14.6 Å². The number of nitrogens with zero attached hydrogens (tertiary/aromatic N) is 1. The van der Waals surface area contributed by atoms with Crippen LogP contribution in [0.25, 0.3) is 0 Å². The maximum absolute atomic E-state index is 12.2. The van der Waals surface area contributed by atoms with Crippen molar-refractivity contribution >= 4 is 17.3 Å². The second kappa shape index (κ2) is 6.26. The van der Waals surface area contributed by atoms with Gasteiger partial charge in [-0.05, 0) is 33.8 Å². The third kappa shape index (κ3) is 2.73. The summed E-state index contributed by atoms with van der Waals surface area (Å²) in [5.41, 5.74) is 2.86. The second-order valence-corrected chi connectivity index (χ2v) is 5.62. The lowest BCUT2D eigenvalue weighted by atomic mass is 9.73. The van der Waals surface area contributed by atoms with Gasteiger partial charge in [0.1, 0.15) is 11.5 Å². The molecule has 0 saturated heterocycles. The van der Waals surface area contributed by atoms with Crippen LogP contribution >= 0.6 is 0 Å². The first-order valence-electron chi connectivity index (χ1n) is 7.28. The van der Waals surface area contributed by atoms with Gasteiger partial charge in [0.25, 0.3) is 0 Å². The zero-order valence-corrected chi connectivity index (χ0v) is 13.6. The first-order valence-corrected chi connectivity index (χ1v) is 7.28. The topological polar surface area (TPSA) is 55.7 Å². The summed E-state index contributed by atoms with van der Waals surface area (Å²) in [7, 11) is 1.59. The molecule has 0 saturated carbocycles. The number of ketones is 2. The van der Waals surface area contributed by atoms with E-state index in [-0.39, 0.29) is 17.5 Å². The van der Waals surface area contributed by atoms with Crippen LogP contribution in [0.5, 0.6) is 5.75 Å². The summed E-state index contributed by atoms with van der Waals surface area (Å²) >= 11 is 0. The molecule has 1 aromatic rings. The Morgan fingerprint density at radius 3 is 2.32 bits per heavy atom. The van der Waals surface area contributed by atoms with E-state index in [4.69, 9.17) is 4.74 Å². The van der Waals surface area contributed by atoms with Gasteiger partial charge in [0.05, 0.1) is 13.0 Å². The van der Waals surface area contributed by atoms with Gasteiger partial charge in [0, 0.05) is 28.5 Å². The fourth-order valence-electron chi connectivity index (χ4n) is 3.29. The molecule has 0 aromatic heterocycles. The molecule has 0 radical (unpaired) electrons. The number of benzene rings is 1. The van der Waals surface area contributed by atoms with Crippen LogP contribution in [0.15, 0.2) is 40.5 Å². The number of carbonyl (C=O) groups excluding carboxylic acids is 2. The van der Waals surface area contributed by atoms with Gasteiger partial charge < -0.3 is 4.74 Å². The minimum Gasteiger partial charge on any atom is -0.496 e. The number of carbonyl (C=O) groups is 2. The number of hydrogen-bond donors (Lipinski definition) is 0. The summed E-state index contributed by atoms with van der Waals surface area (Å²) in [5, 5.41) is 0. The van der Waals surface area contributed by atoms with Crippen molar-refractivity contribution in [1.82, 2.24) is 0 Å². The van der Waals surface area contributed by atoms with Crippen LogP contribution < -0.4 is 4.74 Å². The monoisotopic (exact) mass is 299 g/mol. The number of ether oxygens (including phenoxy) is 1. The van der Waals surface area contributed by atoms with E-state index in [1.165, 1.54) is 6.92 Å². The van der Waals surface area contributed by atoms with Crippen LogP contribution in [0.2, 0.25) is 0 Å². The van der Waals surface area contributed by atoms with Crippen LogP contribution in [-0.4, -0.2) is 24.4 Å². The van der Waals surface area contributed by atoms with Crippen molar-refractivity contribution in [3.8, 4) is 5.75 Å². The van der Waals surface area contributed by atoms with E-state index >= 15 is 0 Å². The zero-order valence-electron chi connectivity index (χ0n) is 13.6. The maximum Gasteiger partial charge on any atom is 0.158 e. The second-order valence-electron chi connectivity index (χ2n) is 5.62. The molecule has 1 aliphatic rings. The average molecular weight is 299 g/mol.